The van der Waals surface area contributed by atoms with Gasteiger partial charge in [-0.15, -0.1) is 0 Å². The van der Waals surface area contributed by atoms with E-state index in [9.17, 15) is 0 Å². The van der Waals surface area contributed by atoms with Crippen LogP contribution in [-0.4, -0.2) is 5.11 Å². The molecule has 0 aliphatic rings. The molecule has 1 nitrogen and oxygen atoms in total. The van der Waals surface area contributed by atoms with Gasteiger partial charge in [-0.05, 0) is 24.1 Å². The Labute approximate surface area is 89.1 Å². The topological polar surface area (TPSA) is 20.2 Å². The summed E-state index contributed by atoms with van der Waals surface area (Å²) in [6.45, 7) is 2.08. The van der Waals surface area contributed by atoms with Gasteiger partial charge in [-0.3, -0.25) is 0 Å². The van der Waals surface area contributed by atoms with Crippen LogP contribution in [-0.2, 0) is 3.23 Å². The minimum Gasteiger partial charge on any atom is -0.508 e. The third-order valence-corrected chi connectivity index (χ3v) is 3.77. The largest absolute Gasteiger partial charge is 0.508 e. The number of rotatable bonds is 2. The first-order chi connectivity index (χ1) is 5.56. The highest BCUT2D eigenvalue weighted by molar-refractivity contribution is 9.24. The van der Waals surface area contributed by atoms with Crippen LogP contribution in [0.1, 0.15) is 18.9 Å². The summed E-state index contributed by atoms with van der Waals surface area (Å²) in [5, 5.41) is 9.06. The Morgan fingerprint density at radius 3 is 2.17 bits per heavy atom. The predicted octanol–water partition coefficient (Wildman–Crippen LogP) is 3.74. The number of halogens is 2. The van der Waals surface area contributed by atoms with Gasteiger partial charge in [-0.25, -0.2) is 0 Å². The molecule has 0 radical (unpaired) electrons. The molecule has 0 aromatic heterocycles. The Kier molecular flexibility index (Phi) is 3.18. The summed E-state index contributed by atoms with van der Waals surface area (Å²) in [5.41, 5.74) is 1.11. The van der Waals surface area contributed by atoms with Crippen LogP contribution in [0, 0.1) is 0 Å². The van der Waals surface area contributed by atoms with Gasteiger partial charge in [0.05, 0.1) is 0 Å². The second kappa shape index (κ2) is 3.79. The van der Waals surface area contributed by atoms with Crippen molar-refractivity contribution in [3.63, 3.8) is 0 Å². The lowest BCUT2D eigenvalue weighted by Gasteiger charge is -2.18. The van der Waals surface area contributed by atoms with E-state index in [1.165, 1.54) is 0 Å². The molecule has 0 atom stereocenters. The normalized spacial score (nSPS) is 11.6. The monoisotopic (exact) mass is 292 g/mol. The number of benzene rings is 1. The molecule has 1 aromatic carbocycles. The Morgan fingerprint density at radius 2 is 1.75 bits per heavy atom. The molecule has 0 aliphatic carbocycles. The zero-order chi connectivity index (χ0) is 9.19. The van der Waals surface area contributed by atoms with Gasteiger partial charge < -0.3 is 5.11 Å². The predicted molar refractivity (Wildman–Crippen MR) is 57.9 cm³/mol. The lowest BCUT2D eigenvalue weighted by Crippen LogP contribution is -2.05. The van der Waals surface area contributed by atoms with E-state index in [-0.39, 0.29) is 3.23 Å². The van der Waals surface area contributed by atoms with Crippen molar-refractivity contribution in [1.82, 2.24) is 0 Å². The van der Waals surface area contributed by atoms with Crippen molar-refractivity contribution >= 4 is 31.9 Å². The maximum Gasteiger partial charge on any atom is 0.115 e. The smallest absolute Gasteiger partial charge is 0.115 e. The zero-order valence-electron chi connectivity index (χ0n) is 6.72. The van der Waals surface area contributed by atoms with Gasteiger partial charge in [0.2, 0.25) is 0 Å². The Balaban J connectivity index is 2.96. The van der Waals surface area contributed by atoms with Crippen molar-refractivity contribution in [2.24, 2.45) is 0 Å². The Bertz CT molecular complexity index is 254. The van der Waals surface area contributed by atoms with Crippen molar-refractivity contribution in [3.8, 4) is 5.75 Å². The molecule has 0 saturated carbocycles. The van der Waals surface area contributed by atoms with Gasteiger partial charge in [-0.1, -0.05) is 50.9 Å². The fraction of sp³-hybridized carbons (Fsp3) is 0.333. The highest BCUT2D eigenvalue weighted by atomic mass is 79.9. The van der Waals surface area contributed by atoms with E-state index in [0.717, 1.165) is 12.0 Å². The van der Waals surface area contributed by atoms with E-state index >= 15 is 0 Å². The van der Waals surface area contributed by atoms with Crippen molar-refractivity contribution in [2.75, 3.05) is 0 Å². The van der Waals surface area contributed by atoms with Gasteiger partial charge in [0, 0.05) is 0 Å². The molecule has 1 rings (SSSR count). The van der Waals surface area contributed by atoms with Crippen LogP contribution < -0.4 is 0 Å². The number of phenolic OH excluding ortho intramolecular Hbond substituents is 1. The van der Waals surface area contributed by atoms with E-state index in [2.05, 4.69) is 38.8 Å². The van der Waals surface area contributed by atoms with Gasteiger partial charge in [0.25, 0.3) is 0 Å². The van der Waals surface area contributed by atoms with E-state index in [1.807, 2.05) is 12.1 Å². The second-order valence-corrected chi connectivity index (χ2v) is 6.38. The van der Waals surface area contributed by atoms with Crippen LogP contribution >= 0.6 is 31.9 Å². The Morgan fingerprint density at radius 1 is 1.25 bits per heavy atom. The van der Waals surface area contributed by atoms with E-state index in [1.54, 1.807) is 12.1 Å². The third kappa shape index (κ3) is 2.23. The summed E-state index contributed by atoms with van der Waals surface area (Å²) < 4.78 is -0.159. The van der Waals surface area contributed by atoms with Crippen LogP contribution in [0.4, 0.5) is 0 Å². The molecule has 0 aliphatic heterocycles. The van der Waals surface area contributed by atoms with Crippen LogP contribution in [0.2, 0.25) is 0 Å². The average Bonchev–Trinajstić information content (AvgIpc) is 2.05. The molecule has 0 spiro atoms. The number of phenols is 1. The maximum atomic E-state index is 9.06. The number of hydrogen-bond donors (Lipinski definition) is 1. The van der Waals surface area contributed by atoms with Crippen molar-refractivity contribution < 1.29 is 5.11 Å². The number of aromatic hydroxyl groups is 1. The molecule has 12 heavy (non-hydrogen) atoms. The molecule has 0 saturated heterocycles. The molecule has 0 unspecified atom stereocenters. The highest BCUT2D eigenvalue weighted by Crippen LogP contribution is 2.41. The summed E-state index contributed by atoms with van der Waals surface area (Å²) in [4.78, 5) is 0. The van der Waals surface area contributed by atoms with Gasteiger partial charge in [0.15, 0.2) is 0 Å². The lowest BCUT2D eigenvalue weighted by molar-refractivity contribution is 0.475. The summed E-state index contributed by atoms with van der Waals surface area (Å²) >= 11 is 7.10. The minimum atomic E-state index is -0.159. The first-order valence-corrected chi connectivity index (χ1v) is 5.32. The molecule has 0 bridgehead atoms. The van der Waals surface area contributed by atoms with Crippen LogP contribution in [0.3, 0.4) is 0 Å². The molecule has 0 heterocycles. The first-order valence-electron chi connectivity index (χ1n) is 3.73. The third-order valence-electron chi connectivity index (χ3n) is 1.73. The first kappa shape index (κ1) is 10.1. The average molecular weight is 294 g/mol. The van der Waals surface area contributed by atoms with Crippen LogP contribution in [0.15, 0.2) is 24.3 Å². The minimum absolute atomic E-state index is 0.159. The van der Waals surface area contributed by atoms with Gasteiger partial charge >= 0.3 is 0 Å². The van der Waals surface area contributed by atoms with Crippen molar-refractivity contribution in [3.05, 3.63) is 29.8 Å². The maximum absolute atomic E-state index is 9.06. The number of alkyl halides is 2. The summed E-state index contributed by atoms with van der Waals surface area (Å²) in [5.74, 6) is 0.297. The lowest BCUT2D eigenvalue weighted by atomic mass is 10.1. The summed E-state index contributed by atoms with van der Waals surface area (Å²) in [6.07, 6.45) is 0.942. The second-order valence-electron chi connectivity index (χ2n) is 2.60. The van der Waals surface area contributed by atoms with Gasteiger partial charge in [-0.2, -0.15) is 0 Å². The van der Waals surface area contributed by atoms with Crippen LogP contribution in [0.25, 0.3) is 0 Å². The molecule has 0 fully saturated rings. The van der Waals surface area contributed by atoms with E-state index in [0.29, 0.717) is 5.75 Å². The molecule has 3 heteroatoms. The molecule has 66 valence electrons. The highest BCUT2D eigenvalue weighted by Gasteiger charge is 2.22. The van der Waals surface area contributed by atoms with Gasteiger partial charge in [0.1, 0.15) is 8.98 Å². The SMILES string of the molecule is CCC(Br)(Br)c1ccc(O)cc1. The molecule has 1 N–H and O–H groups in total. The molecule has 1 aromatic rings. The quantitative estimate of drug-likeness (QED) is 0.824. The fourth-order valence-corrected chi connectivity index (χ4v) is 1.44. The standard InChI is InChI=1S/C9H10Br2O/c1-2-9(10,11)7-3-5-8(12)6-4-7/h3-6,12H,2H2,1H3. The number of hydrogen-bond acceptors (Lipinski definition) is 1. The van der Waals surface area contributed by atoms with E-state index in [4.69, 9.17) is 5.11 Å². The van der Waals surface area contributed by atoms with E-state index < -0.39 is 0 Å². The molecular weight excluding hydrogens is 284 g/mol. The molecule has 0 amide bonds. The Hall–Kier alpha value is -0.0200. The zero-order valence-corrected chi connectivity index (χ0v) is 9.89. The fourth-order valence-electron chi connectivity index (χ4n) is 0.909. The summed E-state index contributed by atoms with van der Waals surface area (Å²) in [6, 6.07) is 7.15. The summed E-state index contributed by atoms with van der Waals surface area (Å²) in [7, 11) is 0. The molecular formula is C9H10Br2O. The van der Waals surface area contributed by atoms with Crippen LogP contribution in [0.5, 0.6) is 5.75 Å². The van der Waals surface area contributed by atoms with Crippen molar-refractivity contribution in [1.29, 1.82) is 0 Å². The van der Waals surface area contributed by atoms with Crippen molar-refractivity contribution in [2.45, 2.75) is 16.6 Å².